The van der Waals surface area contributed by atoms with Crippen molar-refractivity contribution in [1.82, 2.24) is 0 Å². The highest BCUT2D eigenvalue weighted by Crippen LogP contribution is 2.66. The zero-order valence-electron chi connectivity index (χ0n) is 15.9. The van der Waals surface area contributed by atoms with Gasteiger partial charge >= 0.3 is 0 Å². The first-order valence-corrected chi connectivity index (χ1v) is 9.11. The van der Waals surface area contributed by atoms with Crippen LogP contribution in [0.1, 0.15) is 74.8 Å². The van der Waals surface area contributed by atoms with Gasteiger partial charge in [0.2, 0.25) is 0 Å². The third-order valence-electron chi connectivity index (χ3n) is 7.97. The van der Waals surface area contributed by atoms with Gasteiger partial charge in [0.05, 0.1) is 0 Å². The Kier molecular flexibility index (Phi) is 2.70. The van der Waals surface area contributed by atoms with Crippen molar-refractivity contribution in [3.05, 3.63) is 23.8 Å². The standard InChI is InChI=1S/C21H32/c1-4-15-9-11-18-17-10-8-16-7-5-6-13-20(16,2)19(17)12-14-21(15,18)3/h6-7,13,15,17-19H,4-5,8-12,14H2,1-3H3/t15-,17-,18-,19-,20-,21+/m0/s1/i4D,5D/t4?,5?,15-,17-,18-,19-,20-,21+. The van der Waals surface area contributed by atoms with Crippen LogP contribution in [0.15, 0.2) is 23.8 Å². The average Bonchev–Trinajstić information content (AvgIpc) is 2.85. The second kappa shape index (κ2) is 4.74. The van der Waals surface area contributed by atoms with Crippen LogP contribution in [-0.4, -0.2) is 0 Å². The van der Waals surface area contributed by atoms with Gasteiger partial charge in [-0.1, -0.05) is 51.0 Å². The van der Waals surface area contributed by atoms with Crippen molar-refractivity contribution in [2.45, 2.75) is 72.1 Å². The Balaban J connectivity index is 1.66. The number of allylic oxidation sites excluding steroid dienone is 4. The molecule has 3 fully saturated rings. The molecule has 0 nitrogen and oxygen atoms in total. The highest BCUT2D eigenvalue weighted by molar-refractivity contribution is 5.31. The summed E-state index contributed by atoms with van der Waals surface area (Å²) in [5.74, 6) is 3.05. The molecule has 4 rings (SSSR count). The lowest BCUT2D eigenvalue weighted by Gasteiger charge is -2.57. The minimum atomic E-state index is -0.122. The van der Waals surface area contributed by atoms with E-state index in [4.69, 9.17) is 2.74 Å². The molecule has 0 aromatic carbocycles. The molecule has 0 aromatic heterocycles. The minimum absolute atomic E-state index is 0.0924. The van der Waals surface area contributed by atoms with Gasteiger partial charge < -0.3 is 0 Å². The molecule has 0 saturated heterocycles. The van der Waals surface area contributed by atoms with Crippen molar-refractivity contribution in [1.29, 1.82) is 0 Å². The van der Waals surface area contributed by atoms with E-state index >= 15 is 0 Å². The molecule has 0 heteroatoms. The van der Waals surface area contributed by atoms with Crippen molar-refractivity contribution in [2.24, 2.45) is 34.5 Å². The lowest BCUT2D eigenvalue weighted by atomic mass is 9.48. The van der Waals surface area contributed by atoms with E-state index in [1.54, 1.807) is 5.57 Å². The average molecular weight is 286 g/mol. The largest absolute Gasteiger partial charge is 0.0839 e. The summed E-state index contributed by atoms with van der Waals surface area (Å²) in [6, 6.07) is 0. The van der Waals surface area contributed by atoms with Gasteiger partial charge in [-0.15, -0.1) is 0 Å². The molecule has 0 N–H and O–H groups in total. The Morgan fingerprint density at radius 1 is 1.24 bits per heavy atom. The maximum Gasteiger partial charge on any atom is 0.0353 e. The molecule has 0 heterocycles. The molecule has 0 aromatic rings. The first-order valence-electron chi connectivity index (χ1n) is 10.3. The SMILES string of the molecule is [2H]C1C=C[C@@]2(C)C(=C1)CC[C@H]1[C@@H]3CC[C@H](C([2H])C)[C@@]3(C)CC[C@@H]12. The van der Waals surface area contributed by atoms with E-state index in [1.807, 2.05) is 0 Å². The number of hydrogen-bond donors (Lipinski definition) is 0. The lowest BCUT2D eigenvalue weighted by Crippen LogP contribution is -2.49. The Bertz CT molecular complexity index is 548. The van der Waals surface area contributed by atoms with Crippen molar-refractivity contribution in [2.75, 3.05) is 0 Å². The molecular formula is C21H32. The van der Waals surface area contributed by atoms with E-state index in [0.29, 0.717) is 11.3 Å². The van der Waals surface area contributed by atoms with Crippen molar-refractivity contribution in [3.8, 4) is 0 Å². The molecule has 8 atom stereocenters. The molecule has 2 unspecified atom stereocenters. The molecule has 4 aliphatic rings. The van der Waals surface area contributed by atoms with Crippen LogP contribution in [0.25, 0.3) is 0 Å². The third-order valence-corrected chi connectivity index (χ3v) is 7.97. The first kappa shape index (κ1) is 12.0. The maximum absolute atomic E-state index is 8.32. The fourth-order valence-electron chi connectivity index (χ4n) is 6.77. The molecule has 3 saturated carbocycles. The van der Waals surface area contributed by atoms with Gasteiger partial charge in [0.15, 0.2) is 0 Å². The first-order chi connectivity index (χ1) is 10.9. The van der Waals surface area contributed by atoms with Gasteiger partial charge in [0.25, 0.3) is 0 Å². The molecule has 116 valence electrons. The van der Waals surface area contributed by atoms with Crippen LogP contribution in [-0.2, 0) is 0 Å². The topological polar surface area (TPSA) is 0 Å². The number of hydrogen-bond acceptors (Lipinski definition) is 0. The summed E-state index contributed by atoms with van der Waals surface area (Å²) in [5.41, 5.74) is 2.18. The van der Waals surface area contributed by atoms with E-state index in [9.17, 15) is 0 Å². The second-order valence-corrected chi connectivity index (χ2v) is 8.50. The third kappa shape index (κ3) is 1.80. The maximum atomic E-state index is 8.32. The Morgan fingerprint density at radius 2 is 2.10 bits per heavy atom. The molecule has 0 aliphatic heterocycles. The second-order valence-electron chi connectivity index (χ2n) is 8.50. The van der Waals surface area contributed by atoms with Gasteiger partial charge in [-0.25, -0.2) is 0 Å². The normalized spacial score (nSPS) is 58.2. The summed E-state index contributed by atoms with van der Waals surface area (Å²) in [7, 11) is 0. The van der Waals surface area contributed by atoms with Gasteiger partial charge in [0.1, 0.15) is 0 Å². The van der Waals surface area contributed by atoms with Crippen LogP contribution in [0.3, 0.4) is 0 Å². The quantitative estimate of drug-likeness (QED) is 0.508. The minimum Gasteiger partial charge on any atom is -0.0839 e. The van der Waals surface area contributed by atoms with Gasteiger partial charge in [-0.3, -0.25) is 0 Å². The summed E-state index contributed by atoms with van der Waals surface area (Å²) in [6.45, 7) is 7.08. The highest BCUT2D eigenvalue weighted by Gasteiger charge is 2.57. The van der Waals surface area contributed by atoms with Gasteiger partial charge in [-0.2, -0.15) is 0 Å². The van der Waals surface area contributed by atoms with E-state index in [2.05, 4.69) is 39.0 Å². The molecule has 0 bridgehead atoms. The molecule has 0 amide bonds. The number of rotatable bonds is 1. The molecular weight excluding hydrogens is 252 g/mol. The van der Waals surface area contributed by atoms with E-state index in [-0.39, 0.29) is 18.2 Å². The van der Waals surface area contributed by atoms with E-state index in [1.165, 1.54) is 38.5 Å². The van der Waals surface area contributed by atoms with Crippen LogP contribution in [0.2, 0.25) is 0 Å². The van der Waals surface area contributed by atoms with E-state index < -0.39 is 0 Å². The Morgan fingerprint density at radius 3 is 2.90 bits per heavy atom. The monoisotopic (exact) mass is 286 g/mol. The van der Waals surface area contributed by atoms with Crippen molar-refractivity contribution < 1.29 is 2.74 Å². The predicted octanol–water partition coefficient (Wildman–Crippen LogP) is 6.14. The van der Waals surface area contributed by atoms with Gasteiger partial charge in [-0.05, 0) is 74.0 Å². The van der Waals surface area contributed by atoms with Crippen LogP contribution < -0.4 is 0 Å². The Labute approximate surface area is 133 Å². The van der Waals surface area contributed by atoms with Crippen molar-refractivity contribution >= 4 is 0 Å². The summed E-state index contributed by atoms with van der Waals surface area (Å²) in [4.78, 5) is 0. The molecule has 0 spiro atoms. The fraction of sp³-hybridized carbons (Fsp3) is 0.810. The smallest absolute Gasteiger partial charge is 0.0353 e. The zero-order valence-corrected chi connectivity index (χ0v) is 13.9. The van der Waals surface area contributed by atoms with Crippen LogP contribution in [0.4, 0.5) is 0 Å². The van der Waals surface area contributed by atoms with Crippen molar-refractivity contribution in [3.63, 3.8) is 0 Å². The lowest BCUT2D eigenvalue weighted by molar-refractivity contribution is -0.0341. The summed E-state index contributed by atoms with van der Waals surface area (Å²) in [6.07, 6.45) is 14.5. The van der Waals surface area contributed by atoms with Crippen LogP contribution in [0, 0.1) is 34.5 Å². The molecule has 4 aliphatic carbocycles. The van der Waals surface area contributed by atoms with Gasteiger partial charge in [0, 0.05) is 8.16 Å². The van der Waals surface area contributed by atoms with E-state index in [0.717, 1.165) is 17.8 Å². The highest BCUT2D eigenvalue weighted by atomic mass is 14.6. The summed E-state index contributed by atoms with van der Waals surface area (Å²) in [5, 5.41) is 0. The van der Waals surface area contributed by atoms with Crippen LogP contribution in [0.5, 0.6) is 0 Å². The number of fused-ring (bicyclic) bond motifs is 5. The van der Waals surface area contributed by atoms with Crippen LogP contribution >= 0.6 is 0 Å². The molecule has 0 radical (unpaired) electrons. The zero-order chi connectivity index (χ0) is 16.4. The molecule has 21 heavy (non-hydrogen) atoms. The summed E-state index contributed by atoms with van der Waals surface area (Å²) < 4.78 is 16.4. The Hall–Kier alpha value is -0.520. The fourth-order valence-corrected chi connectivity index (χ4v) is 6.77. The summed E-state index contributed by atoms with van der Waals surface area (Å²) >= 11 is 0. The predicted molar refractivity (Wildman–Crippen MR) is 90.0 cm³/mol.